The van der Waals surface area contributed by atoms with E-state index in [4.69, 9.17) is 5.26 Å². The number of rotatable bonds is 2. The minimum Gasteiger partial charge on any atom is -0.507 e. The van der Waals surface area contributed by atoms with E-state index in [9.17, 15) is 13.5 Å². The molecule has 0 aliphatic rings. The summed E-state index contributed by atoms with van der Waals surface area (Å²) in [5.74, 6) is -0.0906. The van der Waals surface area contributed by atoms with Crippen molar-refractivity contribution in [3.8, 4) is 22.9 Å². The smallest absolute Gasteiger partial charge is 0.175 e. The molecule has 2 aromatic carbocycles. The van der Waals surface area contributed by atoms with Crippen molar-refractivity contribution in [3.05, 3.63) is 48.0 Å². The average molecular weight is 273 g/mol. The van der Waals surface area contributed by atoms with Gasteiger partial charge in [0.25, 0.3) is 0 Å². The number of hydrogen-bond donors (Lipinski definition) is 1. The molecule has 0 spiro atoms. The van der Waals surface area contributed by atoms with Gasteiger partial charge < -0.3 is 5.11 Å². The summed E-state index contributed by atoms with van der Waals surface area (Å²) >= 11 is 0. The van der Waals surface area contributed by atoms with Crippen LogP contribution in [0.2, 0.25) is 0 Å². The Bertz CT molecular complexity index is 756. The molecule has 0 aromatic heterocycles. The standard InChI is InChI=1S/C14H11NO3S/c1-19(17,18)13-6-4-10(5-7-13)11-2-3-12(9-15)14(16)8-11/h2-8,16H,1H3. The van der Waals surface area contributed by atoms with Gasteiger partial charge in [0.15, 0.2) is 9.84 Å². The topological polar surface area (TPSA) is 78.2 Å². The molecule has 0 unspecified atom stereocenters. The van der Waals surface area contributed by atoms with Gasteiger partial charge in [-0.25, -0.2) is 8.42 Å². The van der Waals surface area contributed by atoms with E-state index in [-0.39, 0.29) is 16.2 Å². The van der Waals surface area contributed by atoms with Gasteiger partial charge in [0, 0.05) is 6.26 Å². The number of sulfone groups is 1. The molecule has 5 heteroatoms. The molecule has 1 N–H and O–H groups in total. The van der Waals surface area contributed by atoms with E-state index in [0.717, 1.165) is 17.4 Å². The first-order chi connectivity index (χ1) is 8.91. The van der Waals surface area contributed by atoms with Crippen molar-refractivity contribution in [2.45, 2.75) is 4.90 Å². The van der Waals surface area contributed by atoms with E-state index >= 15 is 0 Å². The summed E-state index contributed by atoms with van der Waals surface area (Å²) in [7, 11) is -3.21. The number of hydrogen-bond acceptors (Lipinski definition) is 4. The number of nitrogens with zero attached hydrogens (tertiary/aromatic N) is 1. The van der Waals surface area contributed by atoms with Crippen LogP contribution in [-0.4, -0.2) is 19.8 Å². The highest BCUT2D eigenvalue weighted by Gasteiger charge is 2.08. The van der Waals surface area contributed by atoms with Gasteiger partial charge >= 0.3 is 0 Å². The average Bonchev–Trinajstić information content (AvgIpc) is 2.38. The SMILES string of the molecule is CS(=O)(=O)c1ccc(-c2ccc(C#N)c(O)c2)cc1. The van der Waals surface area contributed by atoms with E-state index in [1.54, 1.807) is 18.2 Å². The second-order valence-electron chi connectivity index (χ2n) is 4.14. The first kappa shape index (κ1) is 13.1. The predicted molar refractivity (Wildman–Crippen MR) is 71.4 cm³/mol. The molecular formula is C14H11NO3S. The minimum absolute atomic E-state index is 0.0906. The molecule has 96 valence electrons. The molecule has 19 heavy (non-hydrogen) atoms. The van der Waals surface area contributed by atoms with E-state index in [1.165, 1.54) is 24.3 Å². The van der Waals surface area contributed by atoms with Gasteiger partial charge in [-0.15, -0.1) is 0 Å². The quantitative estimate of drug-likeness (QED) is 0.910. The Morgan fingerprint density at radius 2 is 1.63 bits per heavy atom. The number of phenolic OH excluding ortho intramolecular Hbond substituents is 1. The van der Waals surface area contributed by atoms with Crippen LogP contribution in [0.3, 0.4) is 0 Å². The number of phenols is 1. The van der Waals surface area contributed by atoms with Crippen LogP contribution in [0.5, 0.6) is 5.75 Å². The third-order valence-electron chi connectivity index (χ3n) is 2.73. The zero-order valence-corrected chi connectivity index (χ0v) is 11.0. The Kier molecular flexibility index (Phi) is 3.28. The Balaban J connectivity index is 2.44. The van der Waals surface area contributed by atoms with Crippen molar-refractivity contribution in [2.24, 2.45) is 0 Å². The van der Waals surface area contributed by atoms with Gasteiger partial charge in [-0.05, 0) is 35.4 Å². The monoisotopic (exact) mass is 273 g/mol. The van der Waals surface area contributed by atoms with Crippen LogP contribution < -0.4 is 0 Å². The highest BCUT2D eigenvalue weighted by Crippen LogP contribution is 2.26. The molecule has 4 nitrogen and oxygen atoms in total. The molecule has 0 saturated heterocycles. The highest BCUT2D eigenvalue weighted by molar-refractivity contribution is 7.90. The van der Waals surface area contributed by atoms with Crippen LogP contribution in [0.1, 0.15) is 5.56 Å². The lowest BCUT2D eigenvalue weighted by atomic mass is 10.0. The van der Waals surface area contributed by atoms with Crippen molar-refractivity contribution in [2.75, 3.05) is 6.26 Å². The lowest BCUT2D eigenvalue weighted by Gasteiger charge is -2.05. The first-order valence-electron chi connectivity index (χ1n) is 5.45. The molecule has 2 aromatic rings. The fourth-order valence-electron chi connectivity index (χ4n) is 1.70. The van der Waals surface area contributed by atoms with Crippen molar-refractivity contribution in [1.82, 2.24) is 0 Å². The molecule has 0 fully saturated rings. The van der Waals surface area contributed by atoms with Crippen molar-refractivity contribution < 1.29 is 13.5 Å². The first-order valence-corrected chi connectivity index (χ1v) is 7.34. The second-order valence-corrected chi connectivity index (χ2v) is 6.16. The largest absolute Gasteiger partial charge is 0.507 e. The van der Waals surface area contributed by atoms with Gasteiger partial charge in [0.05, 0.1) is 10.5 Å². The molecule has 0 radical (unpaired) electrons. The Morgan fingerprint density at radius 1 is 1.05 bits per heavy atom. The summed E-state index contributed by atoms with van der Waals surface area (Å²) in [5, 5.41) is 18.3. The van der Waals surface area contributed by atoms with Crippen molar-refractivity contribution >= 4 is 9.84 Å². The van der Waals surface area contributed by atoms with Crippen LogP contribution in [0.25, 0.3) is 11.1 Å². The Hall–Kier alpha value is -2.32. The summed E-state index contributed by atoms with van der Waals surface area (Å²) in [6.07, 6.45) is 1.15. The zero-order chi connectivity index (χ0) is 14.0. The van der Waals surface area contributed by atoms with Crippen LogP contribution in [0.15, 0.2) is 47.4 Å². The normalized spacial score (nSPS) is 10.9. The summed E-state index contributed by atoms with van der Waals surface area (Å²) in [6.45, 7) is 0. The van der Waals surface area contributed by atoms with Crippen molar-refractivity contribution in [3.63, 3.8) is 0 Å². The van der Waals surface area contributed by atoms with Crippen LogP contribution in [-0.2, 0) is 9.84 Å². The maximum absolute atomic E-state index is 11.3. The lowest BCUT2D eigenvalue weighted by Crippen LogP contribution is -1.96. The molecule has 0 saturated carbocycles. The maximum atomic E-state index is 11.3. The van der Waals surface area contributed by atoms with Gasteiger partial charge in [-0.2, -0.15) is 5.26 Å². The molecular weight excluding hydrogens is 262 g/mol. The maximum Gasteiger partial charge on any atom is 0.175 e. The lowest BCUT2D eigenvalue weighted by molar-refractivity contribution is 0.474. The highest BCUT2D eigenvalue weighted by atomic mass is 32.2. The minimum atomic E-state index is -3.21. The third kappa shape index (κ3) is 2.75. The summed E-state index contributed by atoms with van der Waals surface area (Å²) < 4.78 is 22.7. The van der Waals surface area contributed by atoms with E-state index in [2.05, 4.69) is 0 Å². The molecule has 2 rings (SSSR count). The molecule has 0 aliphatic heterocycles. The zero-order valence-electron chi connectivity index (χ0n) is 10.2. The summed E-state index contributed by atoms with van der Waals surface area (Å²) in [6, 6.07) is 12.9. The van der Waals surface area contributed by atoms with Gasteiger partial charge in [-0.3, -0.25) is 0 Å². The van der Waals surface area contributed by atoms with Gasteiger partial charge in [0.2, 0.25) is 0 Å². The Labute approximate surface area is 111 Å². The fraction of sp³-hybridized carbons (Fsp3) is 0.0714. The second kappa shape index (κ2) is 4.75. The number of aromatic hydroxyl groups is 1. The van der Waals surface area contributed by atoms with Crippen LogP contribution in [0.4, 0.5) is 0 Å². The molecule has 0 aliphatic carbocycles. The Morgan fingerprint density at radius 3 is 2.11 bits per heavy atom. The van der Waals surface area contributed by atoms with Gasteiger partial charge in [-0.1, -0.05) is 18.2 Å². The van der Waals surface area contributed by atoms with Crippen LogP contribution >= 0.6 is 0 Å². The third-order valence-corrected chi connectivity index (χ3v) is 3.86. The molecule has 0 atom stereocenters. The summed E-state index contributed by atoms with van der Waals surface area (Å²) in [4.78, 5) is 0.245. The number of benzene rings is 2. The molecule has 0 bridgehead atoms. The predicted octanol–water partition coefficient (Wildman–Crippen LogP) is 2.33. The van der Waals surface area contributed by atoms with Crippen molar-refractivity contribution in [1.29, 1.82) is 5.26 Å². The number of nitriles is 1. The van der Waals surface area contributed by atoms with Crippen LogP contribution in [0, 0.1) is 11.3 Å². The van der Waals surface area contributed by atoms with E-state index in [1.807, 2.05) is 6.07 Å². The van der Waals surface area contributed by atoms with Gasteiger partial charge in [0.1, 0.15) is 11.8 Å². The van der Waals surface area contributed by atoms with E-state index in [0.29, 0.717) is 0 Å². The molecule has 0 amide bonds. The molecule has 0 heterocycles. The fourth-order valence-corrected chi connectivity index (χ4v) is 2.33. The summed E-state index contributed by atoms with van der Waals surface area (Å²) in [5.41, 5.74) is 1.69. The van der Waals surface area contributed by atoms with E-state index < -0.39 is 9.84 Å².